The van der Waals surface area contributed by atoms with Crippen molar-refractivity contribution in [2.75, 3.05) is 12.4 Å². The third kappa shape index (κ3) is 4.32. The maximum absolute atomic E-state index is 13.4. The fourth-order valence-corrected chi connectivity index (χ4v) is 2.57. The van der Waals surface area contributed by atoms with E-state index in [0.29, 0.717) is 10.7 Å². The Morgan fingerprint density at radius 2 is 1.86 bits per heavy atom. The molecule has 0 saturated carbocycles. The highest BCUT2D eigenvalue weighted by molar-refractivity contribution is 6.31. The van der Waals surface area contributed by atoms with Crippen molar-refractivity contribution >= 4 is 23.2 Å². The number of hydrogen-bond acceptors (Lipinski definition) is 4. The van der Waals surface area contributed by atoms with Gasteiger partial charge in [-0.15, -0.1) is 0 Å². The first-order chi connectivity index (χ1) is 13.4. The molecule has 0 unspecified atom stereocenters. The monoisotopic (exact) mass is 401 g/mol. The molecule has 0 bridgehead atoms. The number of hydrogen-bond donors (Lipinski definition) is 1. The first-order valence-corrected chi connectivity index (χ1v) is 8.41. The zero-order valence-corrected chi connectivity index (χ0v) is 15.5. The number of halogens is 2. The number of methoxy groups -OCH3 is 1. The van der Waals surface area contributed by atoms with Crippen LogP contribution in [0.3, 0.4) is 0 Å². The van der Waals surface area contributed by atoms with Crippen LogP contribution in [0.2, 0.25) is 5.02 Å². The van der Waals surface area contributed by atoms with Crippen molar-refractivity contribution in [1.29, 1.82) is 0 Å². The van der Waals surface area contributed by atoms with Crippen LogP contribution in [0.4, 0.5) is 10.1 Å². The molecule has 0 atom stereocenters. The number of rotatable bonds is 5. The summed E-state index contributed by atoms with van der Waals surface area (Å²) in [4.78, 5) is 24.4. The molecule has 143 valence electrons. The quantitative estimate of drug-likeness (QED) is 0.690. The second kappa shape index (κ2) is 8.14. The Labute approximate surface area is 165 Å². The molecule has 3 rings (SSSR count). The van der Waals surface area contributed by atoms with Crippen molar-refractivity contribution < 1.29 is 18.7 Å². The van der Waals surface area contributed by atoms with E-state index in [2.05, 4.69) is 12.4 Å². The van der Waals surface area contributed by atoms with Crippen LogP contribution < -0.4 is 20.3 Å². The first-order valence-electron chi connectivity index (χ1n) is 8.03. The molecular weight excluding hydrogens is 387 g/mol. The van der Waals surface area contributed by atoms with E-state index in [1.54, 1.807) is 6.07 Å². The molecule has 1 heterocycles. The Hall–Kier alpha value is -3.32. The van der Waals surface area contributed by atoms with Crippen molar-refractivity contribution in [3.05, 3.63) is 88.5 Å². The molecule has 1 N–H and O–H groups in total. The number of carbonyl (C=O) groups excluding carboxylic acids is 1. The zero-order valence-electron chi connectivity index (χ0n) is 14.7. The number of nitrogens with one attached hydrogen (secondary N) is 1. The number of aromatic nitrogens is 1. The number of benzene rings is 2. The lowest BCUT2D eigenvalue weighted by Crippen LogP contribution is -2.18. The van der Waals surface area contributed by atoms with Crippen LogP contribution in [0.25, 0.3) is 0 Å². The molecule has 0 aliphatic rings. The summed E-state index contributed by atoms with van der Waals surface area (Å²) in [7, 11) is 4.89. The Morgan fingerprint density at radius 1 is 1.11 bits per heavy atom. The fourth-order valence-electron chi connectivity index (χ4n) is 2.40. The number of anilines is 1. The van der Waals surface area contributed by atoms with E-state index in [-0.39, 0.29) is 28.4 Å². The van der Waals surface area contributed by atoms with Gasteiger partial charge in [-0.05, 0) is 36.4 Å². The number of amides is 1. The minimum atomic E-state index is -0.542. The van der Waals surface area contributed by atoms with Gasteiger partial charge in [0.25, 0.3) is 11.5 Å². The highest BCUT2D eigenvalue weighted by Crippen LogP contribution is 2.34. The van der Waals surface area contributed by atoms with Gasteiger partial charge >= 0.3 is 0 Å². The summed E-state index contributed by atoms with van der Waals surface area (Å²) in [6.07, 6.45) is 1.43. The van der Waals surface area contributed by atoms with Gasteiger partial charge < -0.3 is 19.4 Å². The SMILES string of the molecule is [CH2]n1ccc(NC(=O)c2cc(Cl)ccc2Oc2ccc(F)cc2OC)cc1=O. The molecule has 1 amide bonds. The van der Waals surface area contributed by atoms with Gasteiger partial charge in [-0.3, -0.25) is 9.59 Å². The third-order valence-corrected chi connectivity index (χ3v) is 4.02. The summed E-state index contributed by atoms with van der Waals surface area (Å²) in [6.45, 7) is 0. The van der Waals surface area contributed by atoms with Crippen molar-refractivity contribution in [1.82, 2.24) is 4.57 Å². The van der Waals surface area contributed by atoms with Gasteiger partial charge in [0.15, 0.2) is 11.5 Å². The van der Waals surface area contributed by atoms with Gasteiger partial charge in [0.1, 0.15) is 11.6 Å². The van der Waals surface area contributed by atoms with Crippen LogP contribution in [-0.4, -0.2) is 17.6 Å². The minimum Gasteiger partial charge on any atom is -0.493 e. The largest absolute Gasteiger partial charge is 0.493 e. The van der Waals surface area contributed by atoms with Crippen molar-refractivity contribution in [2.24, 2.45) is 0 Å². The van der Waals surface area contributed by atoms with Crippen molar-refractivity contribution in [2.45, 2.75) is 0 Å². The molecule has 28 heavy (non-hydrogen) atoms. The molecule has 0 saturated heterocycles. The lowest BCUT2D eigenvalue weighted by atomic mass is 10.1. The summed E-state index contributed by atoms with van der Waals surface area (Å²) in [5.74, 6) is -0.462. The van der Waals surface area contributed by atoms with Gasteiger partial charge in [-0.2, -0.15) is 0 Å². The third-order valence-electron chi connectivity index (χ3n) is 3.79. The van der Waals surface area contributed by atoms with Crippen LogP contribution in [0.5, 0.6) is 17.2 Å². The maximum atomic E-state index is 13.4. The van der Waals surface area contributed by atoms with E-state index in [9.17, 15) is 14.0 Å². The van der Waals surface area contributed by atoms with Crippen molar-refractivity contribution in [3.63, 3.8) is 0 Å². The predicted molar refractivity (Wildman–Crippen MR) is 104 cm³/mol. The first kappa shape index (κ1) is 19.4. The highest BCUT2D eigenvalue weighted by Gasteiger charge is 2.17. The van der Waals surface area contributed by atoms with Gasteiger partial charge in [0.2, 0.25) is 0 Å². The van der Waals surface area contributed by atoms with Crippen LogP contribution in [0.15, 0.2) is 59.5 Å². The van der Waals surface area contributed by atoms with Gasteiger partial charge in [-0.1, -0.05) is 11.6 Å². The molecule has 1 aromatic heterocycles. The molecule has 0 fully saturated rings. The summed E-state index contributed by atoms with van der Waals surface area (Å²) in [6, 6.07) is 11.0. The van der Waals surface area contributed by atoms with E-state index < -0.39 is 11.7 Å². The molecule has 0 aliphatic carbocycles. The van der Waals surface area contributed by atoms with Gasteiger partial charge in [0, 0.05) is 36.1 Å². The van der Waals surface area contributed by atoms with Gasteiger partial charge in [-0.25, -0.2) is 4.39 Å². The van der Waals surface area contributed by atoms with Crippen LogP contribution in [0, 0.1) is 12.9 Å². The van der Waals surface area contributed by atoms with Crippen LogP contribution in [-0.2, 0) is 0 Å². The lowest BCUT2D eigenvalue weighted by molar-refractivity contribution is 0.102. The minimum absolute atomic E-state index is 0.123. The topological polar surface area (TPSA) is 69.6 Å². The summed E-state index contributed by atoms with van der Waals surface area (Å²) < 4.78 is 25.4. The zero-order chi connectivity index (χ0) is 20.3. The fraction of sp³-hybridized carbons (Fsp3) is 0.0500. The summed E-state index contributed by atoms with van der Waals surface area (Å²) >= 11 is 6.02. The highest BCUT2D eigenvalue weighted by atomic mass is 35.5. The average molecular weight is 402 g/mol. The van der Waals surface area contributed by atoms with E-state index in [0.717, 1.165) is 4.57 Å². The van der Waals surface area contributed by atoms with Crippen LogP contribution >= 0.6 is 11.6 Å². The molecule has 2 aromatic carbocycles. The number of pyridine rings is 1. The Bertz CT molecular complexity index is 1100. The van der Waals surface area contributed by atoms with E-state index in [4.69, 9.17) is 21.1 Å². The second-order valence-corrected chi connectivity index (χ2v) is 6.15. The number of carbonyl (C=O) groups is 1. The number of ether oxygens (including phenoxy) is 2. The Balaban J connectivity index is 1.93. The van der Waals surface area contributed by atoms with E-state index >= 15 is 0 Å². The average Bonchev–Trinajstić information content (AvgIpc) is 2.67. The van der Waals surface area contributed by atoms with E-state index in [1.807, 2.05) is 0 Å². The standard InChI is InChI=1S/C20H15ClFN2O4/c1-24-8-7-14(11-19(24)25)23-20(26)15-9-12(21)3-5-16(15)28-17-6-4-13(22)10-18(17)27-2/h3-11H,1H2,2H3,(H,23,26). The predicted octanol–water partition coefficient (Wildman–Crippen LogP) is 4.33. The molecular formula is C20H15ClFN2O4. The van der Waals surface area contributed by atoms with Crippen molar-refractivity contribution in [3.8, 4) is 17.2 Å². The molecule has 0 spiro atoms. The smallest absolute Gasteiger partial charge is 0.259 e. The molecule has 6 nitrogen and oxygen atoms in total. The van der Waals surface area contributed by atoms with E-state index in [1.165, 1.54) is 55.8 Å². The van der Waals surface area contributed by atoms with Crippen LogP contribution in [0.1, 0.15) is 10.4 Å². The number of nitrogens with zero attached hydrogens (tertiary/aromatic N) is 1. The Kier molecular flexibility index (Phi) is 5.65. The Morgan fingerprint density at radius 3 is 2.57 bits per heavy atom. The molecule has 8 heteroatoms. The summed E-state index contributed by atoms with van der Waals surface area (Å²) in [5, 5.41) is 2.92. The normalized spacial score (nSPS) is 10.4. The van der Waals surface area contributed by atoms with Gasteiger partial charge in [0.05, 0.1) is 12.7 Å². The molecule has 3 aromatic rings. The summed E-state index contributed by atoms with van der Waals surface area (Å²) in [5.41, 5.74) is 0.0364. The molecule has 0 aliphatic heterocycles. The lowest BCUT2D eigenvalue weighted by Gasteiger charge is -2.14. The maximum Gasteiger partial charge on any atom is 0.259 e. The molecule has 1 radical (unpaired) electrons. The second-order valence-electron chi connectivity index (χ2n) is 5.72.